The molecular formula is C32H33NO3. The van der Waals surface area contributed by atoms with E-state index in [1.165, 1.54) is 18.2 Å². The molecule has 0 aliphatic heterocycles. The third kappa shape index (κ3) is 6.83. The SMILES string of the molecule is COC(=O)C[C@@H](c1ccc(OCc2ccccc2)cc1)N(Cc1ccccc1)[C@H](C)c1ccccc1. The Hall–Kier alpha value is -3.89. The number of hydrogen-bond donors (Lipinski definition) is 0. The van der Waals surface area contributed by atoms with Crippen molar-refractivity contribution < 1.29 is 14.3 Å². The highest BCUT2D eigenvalue weighted by Gasteiger charge is 2.29. The van der Waals surface area contributed by atoms with E-state index >= 15 is 0 Å². The monoisotopic (exact) mass is 479 g/mol. The molecule has 0 saturated heterocycles. The van der Waals surface area contributed by atoms with Crippen molar-refractivity contribution in [2.45, 2.75) is 38.6 Å². The second-order valence-corrected chi connectivity index (χ2v) is 8.88. The zero-order valence-electron chi connectivity index (χ0n) is 20.9. The van der Waals surface area contributed by atoms with E-state index in [1.807, 2.05) is 54.6 Å². The maximum absolute atomic E-state index is 12.6. The minimum atomic E-state index is -0.234. The van der Waals surface area contributed by atoms with Gasteiger partial charge in [0.2, 0.25) is 0 Å². The van der Waals surface area contributed by atoms with Gasteiger partial charge in [0.05, 0.1) is 13.5 Å². The second-order valence-electron chi connectivity index (χ2n) is 8.88. The Morgan fingerprint density at radius 3 is 1.86 bits per heavy atom. The summed E-state index contributed by atoms with van der Waals surface area (Å²) in [6, 6.07) is 38.9. The molecule has 0 heterocycles. The van der Waals surface area contributed by atoms with E-state index in [1.54, 1.807) is 0 Å². The van der Waals surface area contributed by atoms with Crippen molar-refractivity contribution in [1.29, 1.82) is 0 Å². The average Bonchev–Trinajstić information content (AvgIpc) is 2.95. The maximum atomic E-state index is 12.6. The molecule has 0 saturated carbocycles. The van der Waals surface area contributed by atoms with Gasteiger partial charge in [0.25, 0.3) is 0 Å². The van der Waals surface area contributed by atoms with Crippen LogP contribution in [0.15, 0.2) is 115 Å². The molecule has 0 aliphatic carbocycles. The molecule has 4 aromatic carbocycles. The number of esters is 1. The summed E-state index contributed by atoms with van der Waals surface area (Å²) in [6.45, 7) is 3.40. The Morgan fingerprint density at radius 2 is 1.28 bits per heavy atom. The Bertz CT molecular complexity index is 1190. The van der Waals surface area contributed by atoms with E-state index < -0.39 is 0 Å². The molecule has 0 N–H and O–H groups in total. The number of hydrogen-bond acceptors (Lipinski definition) is 4. The van der Waals surface area contributed by atoms with Crippen LogP contribution in [-0.4, -0.2) is 18.0 Å². The van der Waals surface area contributed by atoms with E-state index in [2.05, 4.69) is 72.5 Å². The molecule has 2 atom stereocenters. The normalized spacial score (nSPS) is 12.6. The lowest BCUT2D eigenvalue weighted by molar-refractivity contribution is -0.142. The van der Waals surface area contributed by atoms with E-state index in [4.69, 9.17) is 9.47 Å². The van der Waals surface area contributed by atoms with Crippen molar-refractivity contribution in [3.63, 3.8) is 0 Å². The van der Waals surface area contributed by atoms with Crippen molar-refractivity contribution in [3.05, 3.63) is 138 Å². The first-order chi connectivity index (χ1) is 17.6. The van der Waals surface area contributed by atoms with Crippen molar-refractivity contribution in [1.82, 2.24) is 4.90 Å². The number of carbonyl (C=O) groups is 1. The Balaban J connectivity index is 1.62. The van der Waals surface area contributed by atoms with E-state index in [-0.39, 0.29) is 24.5 Å². The topological polar surface area (TPSA) is 38.8 Å². The lowest BCUT2D eigenvalue weighted by Crippen LogP contribution is -2.33. The van der Waals surface area contributed by atoms with Gasteiger partial charge in [-0.05, 0) is 41.3 Å². The van der Waals surface area contributed by atoms with Crippen LogP contribution in [0.3, 0.4) is 0 Å². The van der Waals surface area contributed by atoms with Crippen LogP contribution in [0.2, 0.25) is 0 Å². The van der Waals surface area contributed by atoms with Gasteiger partial charge in [0.1, 0.15) is 12.4 Å². The second kappa shape index (κ2) is 12.7. The fraction of sp³-hybridized carbons (Fsp3) is 0.219. The van der Waals surface area contributed by atoms with Crippen LogP contribution in [-0.2, 0) is 22.7 Å². The number of ether oxygens (including phenoxy) is 2. The first-order valence-electron chi connectivity index (χ1n) is 12.3. The molecule has 4 nitrogen and oxygen atoms in total. The summed E-state index contributed by atoms with van der Waals surface area (Å²) >= 11 is 0. The lowest BCUT2D eigenvalue weighted by atomic mass is 9.96. The lowest BCUT2D eigenvalue weighted by Gasteiger charge is -2.37. The predicted octanol–water partition coefficient (Wildman–Crippen LogP) is 7.13. The number of methoxy groups -OCH3 is 1. The third-order valence-corrected chi connectivity index (χ3v) is 6.49. The Kier molecular flexibility index (Phi) is 8.90. The zero-order chi connectivity index (χ0) is 25.2. The molecule has 0 bridgehead atoms. The smallest absolute Gasteiger partial charge is 0.307 e. The van der Waals surface area contributed by atoms with Crippen molar-refractivity contribution in [2.24, 2.45) is 0 Å². The van der Waals surface area contributed by atoms with Gasteiger partial charge in [-0.3, -0.25) is 9.69 Å². The average molecular weight is 480 g/mol. The summed E-state index contributed by atoms with van der Waals surface area (Å²) in [5.41, 5.74) is 4.56. The van der Waals surface area contributed by atoms with Gasteiger partial charge in [-0.2, -0.15) is 0 Å². The molecule has 184 valence electrons. The number of rotatable bonds is 11. The highest BCUT2D eigenvalue weighted by molar-refractivity contribution is 5.70. The molecule has 0 amide bonds. The quantitative estimate of drug-likeness (QED) is 0.214. The van der Waals surface area contributed by atoms with Crippen LogP contribution in [0.5, 0.6) is 5.75 Å². The van der Waals surface area contributed by atoms with Crippen molar-refractivity contribution in [2.75, 3.05) is 7.11 Å². The number of carbonyl (C=O) groups excluding carboxylic acids is 1. The molecule has 4 rings (SSSR count). The molecule has 36 heavy (non-hydrogen) atoms. The summed E-state index contributed by atoms with van der Waals surface area (Å²) in [7, 11) is 1.45. The molecule has 4 heteroatoms. The molecule has 0 aliphatic rings. The molecule has 0 spiro atoms. The summed E-state index contributed by atoms with van der Waals surface area (Å²) in [4.78, 5) is 14.9. The molecule has 0 unspecified atom stereocenters. The van der Waals surface area contributed by atoms with E-state index in [9.17, 15) is 4.79 Å². The van der Waals surface area contributed by atoms with Gasteiger partial charge in [-0.15, -0.1) is 0 Å². The standard InChI is InChI=1S/C32H33NO3/c1-25(28-16-10-5-11-17-28)33(23-26-12-6-3-7-13-26)31(22-32(34)35-2)29-18-20-30(21-19-29)36-24-27-14-8-4-9-15-27/h3-21,25,31H,22-24H2,1-2H3/t25-,31+/m1/s1. The number of benzene rings is 4. The number of nitrogens with zero attached hydrogens (tertiary/aromatic N) is 1. The van der Waals surface area contributed by atoms with E-state index in [0.29, 0.717) is 13.2 Å². The summed E-state index contributed by atoms with van der Waals surface area (Å²) < 4.78 is 11.1. The largest absolute Gasteiger partial charge is 0.489 e. The van der Waals surface area contributed by atoms with Crippen LogP contribution in [0.4, 0.5) is 0 Å². The molecular weight excluding hydrogens is 446 g/mol. The Labute approximate surface area is 214 Å². The fourth-order valence-corrected chi connectivity index (χ4v) is 4.43. The molecule has 0 aromatic heterocycles. The van der Waals surface area contributed by atoms with E-state index in [0.717, 1.165) is 16.9 Å². The summed E-state index contributed by atoms with van der Waals surface area (Å²) in [6.07, 6.45) is 0.255. The fourth-order valence-electron chi connectivity index (χ4n) is 4.43. The van der Waals surface area contributed by atoms with Gasteiger partial charge in [-0.1, -0.05) is 103 Å². The van der Waals surface area contributed by atoms with Crippen LogP contribution < -0.4 is 4.74 Å². The van der Waals surface area contributed by atoms with Gasteiger partial charge < -0.3 is 9.47 Å². The van der Waals surface area contributed by atoms with Crippen LogP contribution in [0, 0.1) is 0 Å². The summed E-state index contributed by atoms with van der Waals surface area (Å²) in [5, 5.41) is 0. The first-order valence-corrected chi connectivity index (χ1v) is 12.3. The zero-order valence-corrected chi connectivity index (χ0v) is 20.9. The maximum Gasteiger partial charge on any atom is 0.307 e. The molecule has 4 aromatic rings. The van der Waals surface area contributed by atoms with Gasteiger partial charge in [0, 0.05) is 18.6 Å². The van der Waals surface area contributed by atoms with Crippen LogP contribution >= 0.6 is 0 Å². The highest BCUT2D eigenvalue weighted by atomic mass is 16.5. The van der Waals surface area contributed by atoms with Crippen molar-refractivity contribution >= 4 is 5.97 Å². The first kappa shape index (κ1) is 25.2. The highest BCUT2D eigenvalue weighted by Crippen LogP contribution is 2.35. The van der Waals surface area contributed by atoms with Crippen molar-refractivity contribution in [3.8, 4) is 5.75 Å². The molecule has 0 fully saturated rings. The van der Waals surface area contributed by atoms with Gasteiger partial charge >= 0.3 is 5.97 Å². The van der Waals surface area contributed by atoms with Gasteiger partial charge in [-0.25, -0.2) is 0 Å². The van der Waals surface area contributed by atoms with Crippen LogP contribution in [0.1, 0.15) is 47.7 Å². The summed E-state index contributed by atoms with van der Waals surface area (Å²) in [5.74, 6) is 0.563. The van der Waals surface area contributed by atoms with Crippen LogP contribution in [0.25, 0.3) is 0 Å². The van der Waals surface area contributed by atoms with Gasteiger partial charge in [0.15, 0.2) is 0 Å². The minimum absolute atomic E-state index is 0.0788. The Morgan fingerprint density at radius 1 is 0.722 bits per heavy atom. The predicted molar refractivity (Wildman–Crippen MR) is 143 cm³/mol. The molecule has 0 radical (unpaired) electrons. The third-order valence-electron chi connectivity index (χ3n) is 6.49. The minimum Gasteiger partial charge on any atom is -0.489 e.